The summed E-state index contributed by atoms with van der Waals surface area (Å²) in [7, 11) is 0. The molecule has 1 aliphatic rings. The summed E-state index contributed by atoms with van der Waals surface area (Å²) in [4.78, 5) is 14.7. The Hall–Kier alpha value is -2.33. The number of ether oxygens (including phenoxy) is 1. The van der Waals surface area contributed by atoms with Crippen molar-refractivity contribution in [3.05, 3.63) is 53.6 Å². The summed E-state index contributed by atoms with van der Waals surface area (Å²) < 4.78 is 69.5. The van der Waals surface area contributed by atoms with Gasteiger partial charge in [-0.1, -0.05) is 11.8 Å². The van der Waals surface area contributed by atoms with Gasteiger partial charge in [-0.3, -0.25) is 4.79 Å². The molecular weight excluding hydrogens is 415 g/mol. The van der Waals surface area contributed by atoms with Gasteiger partial charge in [-0.15, -0.1) is 0 Å². The number of carbonyl (C=O) groups excluding carboxylic acids is 1. The van der Waals surface area contributed by atoms with Gasteiger partial charge in [-0.2, -0.15) is 22.0 Å². The van der Waals surface area contributed by atoms with Crippen molar-refractivity contribution in [1.82, 2.24) is 0 Å². The molecule has 0 aliphatic carbocycles. The minimum Gasteiger partial charge on any atom is -0.378 e. The number of hydrogen-bond donors (Lipinski definition) is 1. The van der Waals surface area contributed by atoms with Crippen LogP contribution in [-0.4, -0.2) is 38.0 Å². The lowest BCUT2D eigenvalue weighted by Gasteiger charge is -2.31. The van der Waals surface area contributed by atoms with E-state index >= 15 is 0 Å². The molecular formula is C19H17F5N2O2S. The van der Waals surface area contributed by atoms with Crippen molar-refractivity contribution in [2.24, 2.45) is 0 Å². The van der Waals surface area contributed by atoms with Crippen LogP contribution in [0.4, 0.5) is 33.3 Å². The van der Waals surface area contributed by atoms with Crippen LogP contribution in [0.2, 0.25) is 0 Å². The SMILES string of the molecule is O=C(Nc1cc(C(F)(F)F)ccc1N1CCOCC1)c1ccc(SC(F)F)cc1. The summed E-state index contributed by atoms with van der Waals surface area (Å²) in [6.07, 6.45) is -4.56. The number of thioether (sulfide) groups is 1. The van der Waals surface area contributed by atoms with Gasteiger partial charge in [0.2, 0.25) is 0 Å². The molecule has 4 nitrogen and oxygen atoms in total. The zero-order valence-corrected chi connectivity index (χ0v) is 15.8. The lowest BCUT2D eigenvalue weighted by molar-refractivity contribution is -0.137. The average Bonchev–Trinajstić information content (AvgIpc) is 2.68. The van der Waals surface area contributed by atoms with E-state index < -0.39 is 23.4 Å². The van der Waals surface area contributed by atoms with Crippen molar-refractivity contribution in [1.29, 1.82) is 0 Å². The van der Waals surface area contributed by atoms with Crippen LogP contribution in [0.3, 0.4) is 0 Å². The zero-order valence-electron chi connectivity index (χ0n) is 15.0. The molecule has 0 spiro atoms. The second-order valence-electron chi connectivity index (χ2n) is 6.19. The molecule has 1 aliphatic heterocycles. The molecule has 0 unspecified atom stereocenters. The Bertz CT molecular complexity index is 853. The second-order valence-corrected chi connectivity index (χ2v) is 7.25. The largest absolute Gasteiger partial charge is 0.416 e. The van der Waals surface area contributed by atoms with Crippen molar-refractivity contribution >= 4 is 29.0 Å². The van der Waals surface area contributed by atoms with Crippen LogP contribution in [0.15, 0.2) is 47.4 Å². The molecule has 0 bridgehead atoms. The van der Waals surface area contributed by atoms with Crippen LogP contribution in [0.25, 0.3) is 0 Å². The van der Waals surface area contributed by atoms with Gasteiger partial charge < -0.3 is 15.0 Å². The number of nitrogens with zero attached hydrogens (tertiary/aromatic N) is 1. The van der Waals surface area contributed by atoms with E-state index in [9.17, 15) is 26.7 Å². The Labute approximate surface area is 168 Å². The highest BCUT2D eigenvalue weighted by atomic mass is 32.2. The highest BCUT2D eigenvalue weighted by Crippen LogP contribution is 2.36. The molecule has 0 aromatic heterocycles. The predicted molar refractivity (Wildman–Crippen MR) is 101 cm³/mol. The molecule has 1 N–H and O–H groups in total. The fourth-order valence-corrected chi connectivity index (χ4v) is 3.37. The van der Waals surface area contributed by atoms with Crippen molar-refractivity contribution in [3.63, 3.8) is 0 Å². The fourth-order valence-electron chi connectivity index (χ4n) is 2.87. The normalized spacial score (nSPS) is 14.9. The number of carbonyl (C=O) groups is 1. The first kappa shape index (κ1) is 21.4. The summed E-state index contributed by atoms with van der Waals surface area (Å²) in [6, 6.07) is 8.61. The zero-order chi connectivity index (χ0) is 21.0. The van der Waals surface area contributed by atoms with E-state index in [1.54, 1.807) is 0 Å². The molecule has 0 radical (unpaired) electrons. The first-order valence-electron chi connectivity index (χ1n) is 8.64. The molecule has 10 heteroatoms. The van der Waals surface area contributed by atoms with Crippen LogP contribution in [0.5, 0.6) is 0 Å². The smallest absolute Gasteiger partial charge is 0.378 e. The molecule has 0 atom stereocenters. The number of halogens is 5. The van der Waals surface area contributed by atoms with Crippen molar-refractivity contribution in [3.8, 4) is 0 Å². The molecule has 1 amide bonds. The van der Waals surface area contributed by atoms with E-state index in [-0.39, 0.29) is 16.1 Å². The van der Waals surface area contributed by atoms with E-state index in [0.717, 1.165) is 12.1 Å². The Kier molecular flexibility index (Phi) is 6.63. The molecule has 29 heavy (non-hydrogen) atoms. The third kappa shape index (κ3) is 5.60. The van der Waals surface area contributed by atoms with Crippen LogP contribution < -0.4 is 10.2 Å². The van der Waals surface area contributed by atoms with Crippen molar-refractivity contribution in [2.75, 3.05) is 36.5 Å². The van der Waals surface area contributed by atoms with Gasteiger partial charge in [0.05, 0.1) is 30.2 Å². The first-order valence-corrected chi connectivity index (χ1v) is 9.52. The maximum absolute atomic E-state index is 13.1. The van der Waals surface area contributed by atoms with Crippen LogP contribution in [0, 0.1) is 0 Å². The topological polar surface area (TPSA) is 41.6 Å². The summed E-state index contributed by atoms with van der Waals surface area (Å²) in [5.41, 5.74) is -0.250. The second kappa shape index (κ2) is 9.00. The summed E-state index contributed by atoms with van der Waals surface area (Å²) in [5, 5.41) is 2.52. The molecule has 156 valence electrons. The van der Waals surface area contributed by atoms with Gasteiger partial charge in [0.15, 0.2) is 0 Å². The molecule has 2 aromatic carbocycles. The van der Waals surface area contributed by atoms with Crippen LogP contribution in [-0.2, 0) is 10.9 Å². The minimum atomic E-state index is -4.56. The highest BCUT2D eigenvalue weighted by molar-refractivity contribution is 7.99. The van der Waals surface area contributed by atoms with E-state index in [0.29, 0.717) is 43.8 Å². The summed E-state index contributed by atoms with van der Waals surface area (Å²) in [5.74, 6) is -3.22. The molecule has 2 aromatic rings. The number of nitrogens with one attached hydrogen (secondary N) is 1. The van der Waals surface area contributed by atoms with Gasteiger partial charge in [-0.05, 0) is 42.5 Å². The number of anilines is 2. The van der Waals surface area contributed by atoms with Gasteiger partial charge >= 0.3 is 6.18 Å². The van der Waals surface area contributed by atoms with Crippen molar-refractivity contribution in [2.45, 2.75) is 16.8 Å². The highest BCUT2D eigenvalue weighted by Gasteiger charge is 2.32. The monoisotopic (exact) mass is 432 g/mol. The number of amides is 1. The van der Waals surface area contributed by atoms with E-state index in [1.165, 1.54) is 30.3 Å². The first-order chi connectivity index (χ1) is 13.7. The van der Waals surface area contributed by atoms with Gasteiger partial charge in [-0.25, -0.2) is 0 Å². The Morgan fingerprint density at radius 1 is 1.07 bits per heavy atom. The summed E-state index contributed by atoms with van der Waals surface area (Å²) >= 11 is 0.340. The van der Waals surface area contributed by atoms with E-state index in [4.69, 9.17) is 4.74 Å². The maximum Gasteiger partial charge on any atom is 0.416 e. The van der Waals surface area contributed by atoms with Crippen LogP contribution in [0.1, 0.15) is 15.9 Å². The third-order valence-electron chi connectivity index (χ3n) is 4.27. The quantitative estimate of drug-likeness (QED) is 0.527. The van der Waals surface area contributed by atoms with Gasteiger partial charge in [0.1, 0.15) is 0 Å². The minimum absolute atomic E-state index is 0.0257. The average molecular weight is 432 g/mol. The predicted octanol–water partition coefficient (Wildman–Crippen LogP) is 5.11. The number of hydrogen-bond acceptors (Lipinski definition) is 4. The lowest BCUT2D eigenvalue weighted by atomic mass is 10.1. The molecule has 1 saturated heterocycles. The Morgan fingerprint density at radius 3 is 2.31 bits per heavy atom. The lowest BCUT2D eigenvalue weighted by Crippen LogP contribution is -2.36. The Balaban J connectivity index is 1.86. The van der Waals surface area contributed by atoms with Gasteiger partial charge in [0, 0.05) is 23.5 Å². The van der Waals surface area contributed by atoms with E-state index in [2.05, 4.69) is 5.32 Å². The van der Waals surface area contributed by atoms with Crippen LogP contribution >= 0.6 is 11.8 Å². The molecule has 1 fully saturated rings. The third-order valence-corrected chi connectivity index (χ3v) is 4.99. The molecule has 1 heterocycles. The molecule has 0 saturated carbocycles. The Morgan fingerprint density at radius 2 is 1.72 bits per heavy atom. The fraction of sp³-hybridized carbons (Fsp3) is 0.316. The number of morpholine rings is 1. The standard InChI is InChI=1S/C19H17F5N2O2S/c20-18(21)29-14-4-1-12(2-5-14)17(27)25-15-11-13(19(22,23)24)3-6-16(15)26-7-9-28-10-8-26/h1-6,11,18H,7-10H2,(H,25,27). The number of benzene rings is 2. The maximum atomic E-state index is 13.1. The molecule has 3 rings (SSSR count). The number of alkyl halides is 5. The van der Waals surface area contributed by atoms with Gasteiger partial charge in [0.25, 0.3) is 11.7 Å². The summed E-state index contributed by atoms with van der Waals surface area (Å²) in [6.45, 7) is 1.82. The number of rotatable bonds is 5. The van der Waals surface area contributed by atoms with Crippen molar-refractivity contribution < 1.29 is 31.5 Å². The van der Waals surface area contributed by atoms with E-state index in [1.807, 2.05) is 4.90 Å².